The van der Waals surface area contributed by atoms with E-state index in [4.69, 9.17) is 16.3 Å². The van der Waals surface area contributed by atoms with Crippen LogP contribution in [0.2, 0.25) is 5.15 Å². The molecule has 0 aliphatic carbocycles. The lowest BCUT2D eigenvalue weighted by Crippen LogP contribution is -2.08. The van der Waals surface area contributed by atoms with Crippen LogP contribution in [0.5, 0.6) is 0 Å². The molecule has 0 amide bonds. The van der Waals surface area contributed by atoms with Crippen molar-refractivity contribution in [2.24, 2.45) is 0 Å². The molecule has 0 saturated heterocycles. The van der Waals surface area contributed by atoms with Crippen LogP contribution in [-0.2, 0) is 11.2 Å². The standard InChI is InChI=1S/C11H17ClN2O/c1-5-9-7(3)13-11(14-10(9)12)8(4)15-6-2/h8H,5-6H2,1-4H3. The van der Waals surface area contributed by atoms with Gasteiger partial charge in [0.1, 0.15) is 11.3 Å². The molecule has 3 nitrogen and oxygen atoms in total. The average Bonchev–Trinajstić information content (AvgIpc) is 2.17. The molecule has 4 heteroatoms. The zero-order chi connectivity index (χ0) is 11.4. The van der Waals surface area contributed by atoms with Gasteiger partial charge in [-0.2, -0.15) is 0 Å². The lowest BCUT2D eigenvalue weighted by Gasteiger charge is -2.13. The van der Waals surface area contributed by atoms with Crippen LogP contribution in [0.4, 0.5) is 0 Å². The first kappa shape index (κ1) is 12.4. The molecule has 1 atom stereocenters. The van der Waals surface area contributed by atoms with Gasteiger partial charge < -0.3 is 4.74 Å². The van der Waals surface area contributed by atoms with Crippen molar-refractivity contribution in [3.8, 4) is 0 Å². The molecule has 0 bridgehead atoms. The molecular weight excluding hydrogens is 212 g/mol. The van der Waals surface area contributed by atoms with Crippen LogP contribution in [0, 0.1) is 6.92 Å². The summed E-state index contributed by atoms with van der Waals surface area (Å²) in [6, 6.07) is 0. The van der Waals surface area contributed by atoms with Gasteiger partial charge in [0.2, 0.25) is 0 Å². The number of hydrogen-bond acceptors (Lipinski definition) is 3. The molecule has 0 aliphatic rings. The Morgan fingerprint density at radius 3 is 2.47 bits per heavy atom. The number of aromatic nitrogens is 2. The summed E-state index contributed by atoms with van der Waals surface area (Å²) in [5, 5.41) is 0.548. The lowest BCUT2D eigenvalue weighted by molar-refractivity contribution is 0.0699. The molecule has 0 saturated carbocycles. The number of hydrogen-bond donors (Lipinski definition) is 0. The molecule has 1 rings (SSSR count). The minimum absolute atomic E-state index is 0.0999. The van der Waals surface area contributed by atoms with Crippen LogP contribution in [0.3, 0.4) is 0 Å². The van der Waals surface area contributed by atoms with Crippen LogP contribution >= 0.6 is 11.6 Å². The average molecular weight is 229 g/mol. The van der Waals surface area contributed by atoms with E-state index in [9.17, 15) is 0 Å². The van der Waals surface area contributed by atoms with Crippen LogP contribution in [0.25, 0.3) is 0 Å². The monoisotopic (exact) mass is 228 g/mol. The van der Waals surface area contributed by atoms with Crippen molar-refractivity contribution in [3.63, 3.8) is 0 Å². The fourth-order valence-electron chi connectivity index (χ4n) is 1.49. The molecule has 0 spiro atoms. The maximum Gasteiger partial charge on any atom is 0.158 e. The van der Waals surface area contributed by atoms with E-state index in [1.807, 2.05) is 27.7 Å². The number of ether oxygens (including phenoxy) is 1. The fraction of sp³-hybridized carbons (Fsp3) is 0.636. The topological polar surface area (TPSA) is 35.0 Å². The second kappa shape index (κ2) is 5.42. The Hall–Kier alpha value is -0.670. The first-order valence-corrected chi connectivity index (χ1v) is 5.62. The van der Waals surface area contributed by atoms with Crippen LogP contribution < -0.4 is 0 Å². The molecule has 1 heterocycles. The van der Waals surface area contributed by atoms with Gasteiger partial charge in [0, 0.05) is 17.9 Å². The molecule has 0 N–H and O–H groups in total. The van der Waals surface area contributed by atoms with E-state index in [-0.39, 0.29) is 6.10 Å². The van der Waals surface area contributed by atoms with Crippen molar-refractivity contribution >= 4 is 11.6 Å². The molecule has 1 aromatic rings. The lowest BCUT2D eigenvalue weighted by atomic mass is 10.2. The van der Waals surface area contributed by atoms with Gasteiger partial charge in [0.15, 0.2) is 5.82 Å². The van der Waals surface area contributed by atoms with Crippen LogP contribution in [0.1, 0.15) is 44.0 Å². The van der Waals surface area contributed by atoms with Gasteiger partial charge >= 0.3 is 0 Å². The maximum absolute atomic E-state index is 6.07. The summed E-state index contributed by atoms with van der Waals surface area (Å²) in [6.07, 6.45) is 0.755. The van der Waals surface area contributed by atoms with E-state index >= 15 is 0 Å². The summed E-state index contributed by atoms with van der Waals surface area (Å²) < 4.78 is 5.43. The SMILES string of the molecule is CCOC(C)c1nc(C)c(CC)c(Cl)n1. The third-order valence-electron chi connectivity index (χ3n) is 2.31. The Balaban J connectivity index is 3.02. The van der Waals surface area contributed by atoms with E-state index in [1.165, 1.54) is 0 Å². The molecule has 0 aliphatic heterocycles. The van der Waals surface area contributed by atoms with Crippen molar-refractivity contribution in [2.75, 3.05) is 6.61 Å². The van der Waals surface area contributed by atoms with Gasteiger partial charge in [-0.1, -0.05) is 18.5 Å². The fourth-order valence-corrected chi connectivity index (χ4v) is 1.85. The van der Waals surface area contributed by atoms with E-state index in [1.54, 1.807) is 0 Å². The predicted octanol–water partition coefficient (Wildman–Crippen LogP) is 3.10. The minimum atomic E-state index is -0.0999. The second-order valence-corrected chi connectivity index (χ2v) is 3.75. The second-order valence-electron chi connectivity index (χ2n) is 3.39. The molecule has 15 heavy (non-hydrogen) atoms. The highest BCUT2D eigenvalue weighted by Gasteiger charge is 2.13. The Labute approximate surface area is 95.8 Å². The van der Waals surface area contributed by atoms with E-state index in [0.717, 1.165) is 17.7 Å². The number of rotatable bonds is 4. The molecule has 1 aromatic heterocycles. The van der Waals surface area contributed by atoms with Gasteiger partial charge in [-0.25, -0.2) is 9.97 Å². The van der Waals surface area contributed by atoms with E-state index < -0.39 is 0 Å². The molecule has 0 aromatic carbocycles. The molecule has 84 valence electrons. The van der Waals surface area contributed by atoms with Crippen molar-refractivity contribution in [3.05, 3.63) is 22.2 Å². The third-order valence-corrected chi connectivity index (χ3v) is 2.63. The van der Waals surface area contributed by atoms with Crippen LogP contribution in [-0.4, -0.2) is 16.6 Å². The largest absolute Gasteiger partial charge is 0.371 e. The predicted molar refractivity (Wildman–Crippen MR) is 61.2 cm³/mol. The number of aryl methyl sites for hydroxylation is 1. The minimum Gasteiger partial charge on any atom is -0.371 e. The Morgan fingerprint density at radius 1 is 1.33 bits per heavy atom. The normalized spacial score (nSPS) is 12.9. The summed E-state index contributed by atoms with van der Waals surface area (Å²) in [5.74, 6) is 0.663. The zero-order valence-corrected chi connectivity index (χ0v) is 10.4. The Bertz CT molecular complexity index is 318. The van der Waals surface area contributed by atoms with Crippen molar-refractivity contribution in [1.29, 1.82) is 0 Å². The molecule has 1 unspecified atom stereocenters. The molecule has 0 radical (unpaired) electrons. The van der Waals surface area contributed by atoms with Gasteiger partial charge in [0.25, 0.3) is 0 Å². The maximum atomic E-state index is 6.07. The van der Waals surface area contributed by atoms with Gasteiger partial charge in [-0.3, -0.25) is 0 Å². The van der Waals surface area contributed by atoms with Gasteiger partial charge in [-0.15, -0.1) is 0 Å². The molecule has 0 fully saturated rings. The van der Waals surface area contributed by atoms with Crippen molar-refractivity contribution in [2.45, 2.75) is 40.2 Å². The highest BCUT2D eigenvalue weighted by Crippen LogP contribution is 2.20. The highest BCUT2D eigenvalue weighted by molar-refractivity contribution is 6.30. The third kappa shape index (κ3) is 2.89. The number of nitrogens with zero attached hydrogens (tertiary/aromatic N) is 2. The summed E-state index contributed by atoms with van der Waals surface area (Å²) in [4.78, 5) is 8.66. The molecular formula is C11H17ClN2O. The summed E-state index contributed by atoms with van der Waals surface area (Å²) >= 11 is 6.07. The smallest absolute Gasteiger partial charge is 0.158 e. The Kier molecular flexibility index (Phi) is 4.48. The van der Waals surface area contributed by atoms with Crippen LogP contribution in [0.15, 0.2) is 0 Å². The zero-order valence-electron chi connectivity index (χ0n) is 9.67. The van der Waals surface area contributed by atoms with Gasteiger partial charge in [-0.05, 0) is 27.2 Å². The number of halogens is 1. The first-order chi connectivity index (χ1) is 7.10. The van der Waals surface area contributed by atoms with Crippen molar-refractivity contribution in [1.82, 2.24) is 9.97 Å². The van der Waals surface area contributed by atoms with Crippen molar-refractivity contribution < 1.29 is 4.74 Å². The summed E-state index contributed by atoms with van der Waals surface area (Å²) in [5.41, 5.74) is 1.96. The van der Waals surface area contributed by atoms with Gasteiger partial charge in [0.05, 0.1) is 0 Å². The quantitative estimate of drug-likeness (QED) is 0.743. The Morgan fingerprint density at radius 2 is 2.00 bits per heavy atom. The first-order valence-electron chi connectivity index (χ1n) is 5.24. The summed E-state index contributed by atoms with van der Waals surface area (Å²) in [7, 11) is 0. The van der Waals surface area contributed by atoms with E-state index in [0.29, 0.717) is 17.6 Å². The summed E-state index contributed by atoms with van der Waals surface area (Å²) in [6.45, 7) is 8.53. The highest BCUT2D eigenvalue weighted by atomic mass is 35.5. The van der Waals surface area contributed by atoms with E-state index in [2.05, 4.69) is 9.97 Å².